The van der Waals surface area contributed by atoms with Crippen molar-refractivity contribution in [3.63, 3.8) is 0 Å². The molecule has 1 aromatic carbocycles. The third-order valence-corrected chi connectivity index (χ3v) is 5.79. The van der Waals surface area contributed by atoms with Gasteiger partial charge in [0.1, 0.15) is 5.75 Å². The van der Waals surface area contributed by atoms with Gasteiger partial charge in [0.25, 0.3) is 0 Å². The van der Waals surface area contributed by atoms with Crippen LogP contribution in [0.2, 0.25) is 0 Å². The van der Waals surface area contributed by atoms with Gasteiger partial charge in [-0.25, -0.2) is 0 Å². The monoisotopic (exact) mass is 338 g/mol. The minimum absolute atomic E-state index is 0.590. The number of benzene rings is 1. The van der Waals surface area contributed by atoms with Gasteiger partial charge in [-0.2, -0.15) is 0 Å². The van der Waals surface area contributed by atoms with E-state index in [0.717, 1.165) is 37.3 Å². The molecule has 110 valence electrons. The molecule has 0 bridgehead atoms. The molecule has 0 aromatic heterocycles. The maximum Gasteiger partial charge on any atom is 0.142 e. The molecule has 1 heterocycles. The number of rotatable bonds is 5. The Balaban J connectivity index is 1.58. The lowest BCUT2D eigenvalue weighted by Gasteiger charge is -2.38. The summed E-state index contributed by atoms with van der Waals surface area (Å²) >= 11 is 3.67. The van der Waals surface area contributed by atoms with Crippen LogP contribution in [0.1, 0.15) is 12.8 Å². The molecule has 3 nitrogen and oxygen atoms in total. The number of ether oxygens (including phenoxy) is 1. The summed E-state index contributed by atoms with van der Waals surface area (Å²) < 4.78 is 5.47. The van der Waals surface area contributed by atoms with Gasteiger partial charge in [0.2, 0.25) is 0 Å². The predicted molar refractivity (Wildman–Crippen MR) is 87.1 cm³/mol. The molecule has 20 heavy (non-hydrogen) atoms. The van der Waals surface area contributed by atoms with Crippen LogP contribution < -0.4 is 9.64 Å². The van der Waals surface area contributed by atoms with E-state index in [2.05, 4.69) is 37.9 Å². The third kappa shape index (κ3) is 2.96. The van der Waals surface area contributed by atoms with Crippen molar-refractivity contribution in [2.24, 2.45) is 5.41 Å². The Labute approximate surface area is 130 Å². The van der Waals surface area contributed by atoms with Crippen molar-refractivity contribution in [3.05, 3.63) is 24.3 Å². The van der Waals surface area contributed by atoms with Crippen LogP contribution in [-0.4, -0.2) is 50.1 Å². The van der Waals surface area contributed by atoms with E-state index >= 15 is 0 Å². The molecule has 2 aliphatic rings. The largest absolute Gasteiger partial charge is 0.495 e. The number of methoxy groups -OCH3 is 1. The summed E-state index contributed by atoms with van der Waals surface area (Å²) in [5.41, 5.74) is 1.82. The summed E-state index contributed by atoms with van der Waals surface area (Å²) in [6, 6.07) is 8.33. The van der Waals surface area contributed by atoms with Gasteiger partial charge in [-0.3, -0.25) is 4.90 Å². The second-order valence-corrected chi connectivity index (χ2v) is 6.63. The number of halogens is 1. The minimum Gasteiger partial charge on any atom is -0.495 e. The van der Waals surface area contributed by atoms with Gasteiger partial charge in [-0.05, 0) is 30.4 Å². The molecule has 0 N–H and O–H groups in total. The Bertz CT molecular complexity index is 454. The van der Waals surface area contributed by atoms with E-state index in [0.29, 0.717) is 5.41 Å². The SMILES string of the molecule is COc1ccccc1N1CCN(CC2(CBr)CC2)CC1. The highest BCUT2D eigenvalue weighted by atomic mass is 79.9. The van der Waals surface area contributed by atoms with Gasteiger partial charge in [0, 0.05) is 38.1 Å². The van der Waals surface area contributed by atoms with Crippen molar-refractivity contribution in [1.29, 1.82) is 0 Å². The standard InChI is InChI=1S/C16H23BrN2O/c1-20-15-5-3-2-4-14(15)19-10-8-18(9-11-19)13-16(12-17)6-7-16/h2-5H,6-13H2,1H3. The first-order valence-corrected chi connectivity index (χ1v) is 8.55. The van der Waals surface area contributed by atoms with Crippen LogP contribution in [0.4, 0.5) is 5.69 Å². The van der Waals surface area contributed by atoms with E-state index in [9.17, 15) is 0 Å². The molecule has 1 aromatic rings. The van der Waals surface area contributed by atoms with E-state index in [-0.39, 0.29) is 0 Å². The molecule has 0 amide bonds. The lowest BCUT2D eigenvalue weighted by molar-refractivity contribution is 0.218. The van der Waals surface area contributed by atoms with E-state index in [4.69, 9.17) is 4.74 Å². The van der Waals surface area contributed by atoms with E-state index in [1.54, 1.807) is 7.11 Å². The molecule has 1 aliphatic carbocycles. The zero-order valence-corrected chi connectivity index (χ0v) is 13.7. The Morgan fingerprint density at radius 1 is 1.15 bits per heavy atom. The highest BCUT2D eigenvalue weighted by molar-refractivity contribution is 9.09. The van der Waals surface area contributed by atoms with Crippen molar-refractivity contribution in [3.8, 4) is 5.75 Å². The molecule has 0 spiro atoms. The van der Waals surface area contributed by atoms with Gasteiger partial charge in [0.05, 0.1) is 12.8 Å². The van der Waals surface area contributed by atoms with Gasteiger partial charge < -0.3 is 9.64 Å². The summed E-state index contributed by atoms with van der Waals surface area (Å²) in [5, 5.41) is 1.16. The van der Waals surface area contributed by atoms with Gasteiger partial charge in [-0.15, -0.1) is 0 Å². The second kappa shape index (κ2) is 5.94. The zero-order valence-electron chi connectivity index (χ0n) is 12.1. The van der Waals surface area contributed by atoms with Crippen LogP contribution in [0.3, 0.4) is 0 Å². The normalized spacial score (nSPS) is 21.8. The zero-order chi connectivity index (χ0) is 14.0. The summed E-state index contributed by atoms with van der Waals surface area (Å²) in [6.45, 7) is 5.77. The first-order chi connectivity index (χ1) is 9.76. The summed E-state index contributed by atoms with van der Waals surface area (Å²) in [6.07, 6.45) is 2.79. The molecule has 1 saturated carbocycles. The number of anilines is 1. The Morgan fingerprint density at radius 2 is 1.85 bits per heavy atom. The number of para-hydroxylation sites is 2. The topological polar surface area (TPSA) is 15.7 Å². The Morgan fingerprint density at radius 3 is 2.45 bits per heavy atom. The summed E-state index contributed by atoms with van der Waals surface area (Å²) in [4.78, 5) is 5.07. The van der Waals surface area contributed by atoms with Crippen molar-refractivity contribution >= 4 is 21.6 Å². The molecular weight excluding hydrogens is 316 g/mol. The molecule has 0 atom stereocenters. The lowest BCUT2D eigenvalue weighted by atomic mass is 10.1. The number of alkyl halides is 1. The lowest BCUT2D eigenvalue weighted by Crippen LogP contribution is -2.48. The molecule has 2 fully saturated rings. The highest BCUT2D eigenvalue weighted by Gasteiger charge is 2.43. The summed E-state index contributed by atoms with van der Waals surface area (Å²) in [5.74, 6) is 0.986. The van der Waals surface area contributed by atoms with Crippen LogP contribution in [0, 0.1) is 5.41 Å². The van der Waals surface area contributed by atoms with Crippen molar-refractivity contribution in [1.82, 2.24) is 4.90 Å². The molecule has 0 unspecified atom stereocenters. The predicted octanol–water partition coefficient (Wildman–Crippen LogP) is 2.99. The molecule has 1 saturated heterocycles. The van der Waals surface area contributed by atoms with Crippen LogP contribution in [-0.2, 0) is 0 Å². The van der Waals surface area contributed by atoms with Crippen molar-refractivity contribution < 1.29 is 4.74 Å². The minimum atomic E-state index is 0.590. The number of hydrogen-bond donors (Lipinski definition) is 0. The number of piperazine rings is 1. The van der Waals surface area contributed by atoms with Gasteiger partial charge in [0.15, 0.2) is 0 Å². The molecule has 1 aliphatic heterocycles. The Kier molecular flexibility index (Phi) is 4.22. The third-order valence-electron chi connectivity index (χ3n) is 4.60. The number of hydrogen-bond acceptors (Lipinski definition) is 3. The first kappa shape index (κ1) is 14.2. The highest BCUT2D eigenvalue weighted by Crippen LogP contribution is 2.47. The fourth-order valence-corrected chi connectivity index (χ4v) is 3.76. The average Bonchev–Trinajstić information content (AvgIpc) is 3.28. The van der Waals surface area contributed by atoms with Crippen LogP contribution >= 0.6 is 15.9 Å². The first-order valence-electron chi connectivity index (χ1n) is 7.43. The average molecular weight is 339 g/mol. The fourth-order valence-electron chi connectivity index (χ4n) is 3.02. The summed E-state index contributed by atoms with van der Waals surface area (Å²) in [7, 11) is 1.75. The Hall–Kier alpha value is -0.740. The van der Waals surface area contributed by atoms with E-state index in [1.165, 1.54) is 25.1 Å². The van der Waals surface area contributed by atoms with E-state index < -0.39 is 0 Å². The van der Waals surface area contributed by atoms with Crippen LogP contribution in [0.25, 0.3) is 0 Å². The van der Waals surface area contributed by atoms with Crippen LogP contribution in [0.5, 0.6) is 5.75 Å². The van der Waals surface area contributed by atoms with Gasteiger partial charge in [-0.1, -0.05) is 28.1 Å². The molecule has 3 rings (SSSR count). The van der Waals surface area contributed by atoms with Crippen molar-refractivity contribution in [2.75, 3.05) is 50.1 Å². The number of nitrogens with zero attached hydrogens (tertiary/aromatic N) is 2. The quantitative estimate of drug-likeness (QED) is 0.767. The molecule has 4 heteroatoms. The smallest absolute Gasteiger partial charge is 0.142 e. The molecular formula is C16H23BrN2O. The van der Waals surface area contributed by atoms with E-state index in [1.807, 2.05) is 12.1 Å². The fraction of sp³-hybridized carbons (Fsp3) is 0.625. The maximum atomic E-state index is 5.47. The van der Waals surface area contributed by atoms with Crippen LogP contribution in [0.15, 0.2) is 24.3 Å². The maximum absolute atomic E-state index is 5.47. The van der Waals surface area contributed by atoms with Gasteiger partial charge >= 0.3 is 0 Å². The van der Waals surface area contributed by atoms with Crippen molar-refractivity contribution in [2.45, 2.75) is 12.8 Å². The molecule has 0 radical (unpaired) electrons. The second-order valence-electron chi connectivity index (χ2n) is 6.07.